The molecule has 1 aromatic heterocycles. The second-order valence-electron chi connectivity index (χ2n) is 7.96. The fourth-order valence-electron chi connectivity index (χ4n) is 3.87. The average molecular weight is 453 g/mol. The molecule has 8 nitrogen and oxygen atoms in total. The van der Waals surface area contributed by atoms with Crippen molar-refractivity contribution < 1.29 is 24.1 Å². The van der Waals surface area contributed by atoms with Gasteiger partial charge in [0.05, 0.1) is 12.0 Å². The molecule has 3 aromatic rings. The van der Waals surface area contributed by atoms with E-state index in [0.29, 0.717) is 35.4 Å². The van der Waals surface area contributed by atoms with Gasteiger partial charge < -0.3 is 29.2 Å². The third-order valence-electron chi connectivity index (χ3n) is 5.54. The van der Waals surface area contributed by atoms with Crippen LogP contribution >= 0.6 is 0 Å². The Hall–Kier alpha value is -3.36. The van der Waals surface area contributed by atoms with E-state index in [4.69, 9.17) is 14.2 Å². The maximum Gasteiger partial charge on any atom is 0.259 e. The van der Waals surface area contributed by atoms with Crippen LogP contribution in [-0.4, -0.2) is 41.2 Å². The Morgan fingerprint density at radius 1 is 1.24 bits per heavy atom. The number of anilines is 1. The van der Waals surface area contributed by atoms with Crippen molar-refractivity contribution in [2.24, 2.45) is 0 Å². The first-order valence-corrected chi connectivity index (χ1v) is 11.1. The minimum Gasteiger partial charge on any atom is -0.493 e. The Balaban J connectivity index is 1.50. The van der Waals surface area contributed by atoms with E-state index in [-0.39, 0.29) is 18.0 Å². The summed E-state index contributed by atoms with van der Waals surface area (Å²) < 4.78 is 18.0. The van der Waals surface area contributed by atoms with E-state index in [0.717, 1.165) is 24.2 Å². The van der Waals surface area contributed by atoms with E-state index >= 15 is 0 Å². The van der Waals surface area contributed by atoms with Crippen LogP contribution in [0.4, 0.5) is 5.69 Å². The molecule has 2 N–H and O–H groups in total. The molecule has 1 aliphatic rings. The largest absolute Gasteiger partial charge is 0.493 e. The molecule has 174 valence electrons. The number of benzene rings is 2. The second kappa shape index (κ2) is 10.1. The number of hydrogen-bond acceptors (Lipinski definition) is 6. The van der Waals surface area contributed by atoms with Crippen LogP contribution in [0.5, 0.6) is 11.5 Å². The van der Waals surface area contributed by atoms with Gasteiger partial charge in [0.15, 0.2) is 6.29 Å². The molecule has 0 spiro atoms. The van der Waals surface area contributed by atoms with Crippen molar-refractivity contribution in [2.75, 3.05) is 18.5 Å². The van der Waals surface area contributed by atoms with Crippen LogP contribution in [0.25, 0.3) is 10.8 Å². The smallest absolute Gasteiger partial charge is 0.259 e. The van der Waals surface area contributed by atoms with Crippen molar-refractivity contribution in [3.05, 3.63) is 64.6 Å². The number of aliphatic hydroxyl groups excluding tert-OH is 1. The lowest BCUT2D eigenvalue weighted by atomic mass is 10.1. The first kappa shape index (κ1) is 22.8. The Labute approximate surface area is 191 Å². The molecule has 1 aliphatic heterocycles. The Morgan fingerprint density at radius 2 is 2.09 bits per heavy atom. The van der Waals surface area contributed by atoms with Crippen LogP contribution in [-0.2, 0) is 22.5 Å². The van der Waals surface area contributed by atoms with Gasteiger partial charge in [-0.3, -0.25) is 9.59 Å². The monoisotopic (exact) mass is 452 g/mol. The number of rotatable bonds is 8. The number of nitrogens with one attached hydrogen (secondary N) is 1. The van der Waals surface area contributed by atoms with Crippen LogP contribution in [0, 0.1) is 0 Å². The highest BCUT2D eigenvalue weighted by molar-refractivity contribution is 5.91. The number of fused-ring (bicyclic) bond motifs is 2. The molecular formula is C25H28N2O6. The Bertz CT molecular complexity index is 1210. The number of nitrogens with zero attached hydrogens (tertiary/aromatic N) is 1. The summed E-state index contributed by atoms with van der Waals surface area (Å²) >= 11 is 0. The van der Waals surface area contributed by atoms with Gasteiger partial charge in [0.1, 0.15) is 24.1 Å². The molecule has 0 fully saturated rings. The molecule has 2 atom stereocenters. The zero-order valence-electron chi connectivity index (χ0n) is 18.7. The number of aliphatic hydroxyl groups is 1. The first-order chi connectivity index (χ1) is 16.0. The van der Waals surface area contributed by atoms with Gasteiger partial charge in [-0.2, -0.15) is 0 Å². The van der Waals surface area contributed by atoms with Crippen molar-refractivity contribution in [2.45, 2.75) is 45.6 Å². The summed E-state index contributed by atoms with van der Waals surface area (Å²) in [5, 5.41) is 13.9. The van der Waals surface area contributed by atoms with Crippen molar-refractivity contribution in [1.29, 1.82) is 0 Å². The van der Waals surface area contributed by atoms with Crippen molar-refractivity contribution >= 4 is 22.4 Å². The summed E-state index contributed by atoms with van der Waals surface area (Å²) in [6, 6.07) is 12.4. The number of pyridine rings is 1. The zero-order chi connectivity index (χ0) is 23.4. The van der Waals surface area contributed by atoms with Crippen LogP contribution in [0.2, 0.25) is 0 Å². The minimum atomic E-state index is -1.08. The summed E-state index contributed by atoms with van der Waals surface area (Å²) in [6.07, 6.45) is 1.73. The molecular weight excluding hydrogens is 424 g/mol. The molecule has 8 heteroatoms. The van der Waals surface area contributed by atoms with E-state index in [1.807, 2.05) is 12.1 Å². The normalized spacial score (nSPS) is 14.8. The zero-order valence-corrected chi connectivity index (χ0v) is 18.7. The van der Waals surface area contributed by atoms with Gasteiger partial charge in [-0.25, -0.2) is 0 Å². The van der Waals surface area contributed by atoms with Crippen molar-refractivity contribution in [3.63, 3.8) is 0 Å². The Morgan fingerprint density at radius 3 is 2.91 bits per heavy atom. The van der Waals surface area contributed by atoms with Gasteiger partial charge >= 0.3 is 0 Å². The molecule has 0 saturated heterocycles. The lowest BCUT2D eigenvalue weighted by Crippen LogP contribution is -2.31. The number of carbonyl (C=O) groups is 1. The molecule has 4 rings (SSSR count). The number of ether oxygens (including phenoxy) is 3. The standard InChI is InChI=1S/C25H28N2O6/c1-3-31-25(30)16(2)33-22-8-4-7-20-19(22)11-12-27(24(20)29)15-23(28)26-18-9-10-21-17(14-18)6-5-13-32-21/h4,7-12,14,16,25,30H,3,5-6,13,15H2,1-2H3,(H,26,28)/t16?,25-/m1/s1. The van der Waals surface area contributed by atoms with E-state index in [1.165, 1.54) is 4.57 Å². The molecule has 1 unspecified atom stereocenters. The van der Waals surface area contributed by atoms with Gasteiger partial charge in [-0.15, -0.1) is 0 Å². The van der Waals surface area contributed by atoms with Crippen LogP contribution in [0.15, 0.2) is 53.5 Å². The first-order valence-electron chi connectivity index (χ1n) is 11.1. The van der Waals surface area contributed by atoms with Gasteiger partial charge in [-0.05, 0) is 68.7 Å². The van der Waals surface area contributed by atoms with Gasteiger partial charge in [0.25, 0.3) is 5.56 Å². The number of aryl methyl sites for hydroxylation is 1. The van der Waals surface area contributed by atoms with Gasteiger partial charge in [0.2, 0.25) is 5.91 Å². The van der Waals surface area contributed by atoms with E-state index < -0.39 is 12.4 Å². The number of aromatic nitrogens is 1. The fraction of sp³-hybridized carbons (Fsp3) is 0.360. The number of hydrogen-bond donors (Lipinski definition) is 2. The number of carbonyl (C=O) groups excluding carboxylic acids is 1. The predicted molar refractivity (Wildman–Crippen MR) is 125 cm³/mol. The Kier molecular flexibility index (Phi) is 6.96. The van der Waals surface area contributed by atoms with E-state index in [1.54, 1.807) is 50.4 Å². The van der Waals surface area contributed by atoms with Crippen LogP contribution in [0.3, 0.4) is 0 Å². The van der Waals surface area contributed by atoms with Crippen LogP contribution in [0.1, 0.15) is 25.8 Å². The second-order valence-corrected chi connectivity index (χ2v) is 7.96. The molecule has 1 amide bonds. The van der Waals surface area contributed by atoms with Crippen LogP contribution < -0.4 is 20.3 Å². The molecule has 0 saturated carbocycles. The topological polar surface area (TPSA) is 99.0 Å². The van der Waals surface area contributed by atoms with Gasteiger partial charge in [0, 0.05) is 23.9 Å². The quantitative estimate of drug-likeness (QED) is 0.510. The summed E-state index contributed by atoms with van der Waals surface area (Å²) in [4.78, 5) is 25.6. The maximum atomic E-state index is 13.0. The fourth-order valence-corrected chi connectivity index (χ4v) is 3.87. The number of amides is 1. The van der Waals surface area contributed by atoms with Crippen molar-refractivity contribution in [3.8, 4) is 11.5 Å². The highest BCUT2D eigenvalue weighted by Crippen LogP contribution is 2.28. The third kappa shape index (κ3) is 5.18. The minimum absolute atomic E-state index is 0.118. The highest BCUT2D eigenvalue weighted by atomic mass is 16.6. The summed E-state index contributed by atoms with van der Waals surface area (Å²) in [5.74, 6) is 1.02. The average Bonchev–Trinajstić information content (AvgIpc) is 2.81. The molecule has 2 aromatic carbocycles. The van der Waals surface area contributed by atoms with Crippen molar-refractivity contribution in [1.82, 2.24) is 4.57 Å². The highest BCUT2D eigenvalue weighted by Gasteiger charge is 2.18. The maximum absolute atomic E-state index is 13.0. The van der Waals surface area contributed by atoms with E-state index in [9.17, 15) is 14.7 Å². The molecule has 0 aliphatic carbocycles. The molecule has 0 bridgehead atoms. The van der Waals surface area contributed by atoms with E-state index in [2.05, 4.69) is 5.32 Å². The lowest BCUT2D eigenvalue weighted by molar-refractivity contribution is -0.145. The molecule has 33 heavy (non-hydrogen) atoms. The predicted octanol–water partition coefficient (Wildman–Crippen LogP) is 3.09. The molecule has 0 radical (unpaired) electrons. The SMILES string of the molecule is CCO[C@@H](O)C(C)Oc1cccc2c(=O)n(CC(=O)Nc3ccc4c(c3)CCCO4)ccc12. The molecule has 2 heterocycles. The van der Waals surface area contributed by atoms with Gasteiger partial charge in [-0.1, -0.05) is 6.07 Å². The third-order valence-corrected chi connectivity index (χ3v) is 5.54. The summed E-state index contributed by atoms with van der Waals surface area (Å²) in [7, 11) is 0. The summed E-state index contributed by atoms with van der Waals surface area (Å²) in [6.45, 7) is 4.43. The lowest BCUT2D eigenvalue weighted by Gasteiger charge is -2.21. The summed E-state index contributed by atoms with van der Waals surface area (Å²) in [5.41, 5.74) is 1.44.